The van der Waals surface area contributed by atoms with Crippen molar-refractivity contribution in [2.75, 3.05) is 13.1 Å². The number of nitrogens with two attached hydrogens (primary N) is 1. The first kappa shape index (κ1) is 26.4. The van der Waals surface area contributed by atoms with Gasteiger partial charge in [0.05, 0.1) is 23.6 Å². The fraction of sp³-hybridized carbons (Fsp3) is 0.286. The number of unbranched alkanes of at least 4 members (excludes halogenated alkanes) is 2. The lowest BCUT2D eigenvalue weighted by atomic mass is 10.2. The molecule has 4 aromatic rings. The number of nitrogens with one attached hydrogen (secondary N) is 1. The van der Waals surface area contributed by atoms with Crippen LogP contribution in [0.2, 0.25) is 10.0 Å². The van der Waals surface area contributed by atoms with E-state index in [1.165, 1.54) is 15.3 Å². The second-order valence-electron chi connectivity index (χ2n) is 8.67. The molecule has 36 heavy (non-hydrogen) atoms. The maximum Gasteiger partial charge on any atom is 0.282 e. The summed E-state index contributed by atoms with van der Waals surface area (Å²) in [6.07, 6.45) is 7.59. The van der Waals surface area contributed by atoms with Gasteiger partial charge in [0.15, 0.2) is 11.0 Å². The molecule has 2 aromatic carbocycles. The van der Waals surface area contributed by atoms with Crippen molar-refractivity contribution < 1.29 is 9.36 Å². The van der Waals surface area contributed by atoms with E-state index >= 15 is 0 Å². The summed E-state index contributed by atoms with van der Waals surface area (Å²) in [6.45, 7) is 1.81. The minimum Gasteiger partial charge on any atom is -0.355 e. The zero-order chi connectivity index (χ0) is 25.5. The number of thiophene rings is 1. The van der Waals surface area contributed by atoms with E-state index in [-0.39, 0.29) is 5.91 Å². The van der Waals surface area contributed by atoms with Crippen molar-refractivity contribution in [3.8, 4) is 10.4 Å². The third-order valence-electron chi connectivity index (χ3n) is 6.12. The van der Waals surface area contributed by atoms with Crippen LogP contribution in [-0.4, -0.2) is 23.6 Å². The summed E-state index contributed by atoms with van der Waals surface area (Å²) in [6, 6.07) is 18.6. The van der Waals surface area contributed by atoms with Crippen molar-refractivity contribution in [3.05, 3.63) is 75.3 Å². The predicted molar refractivity (Wildman–Crippen MR) is 152 cm³/mol. The SMILES string of the molecule is C[n+]1c(/C=C/c2ccc(-c3ccccc3)s2)n(CCCCCC(=O)NCCN)c2cc(Cl)c(Cl)cc21. The lowest BCUT2D eigenvalue weighted by Crippen LogP contribution is -2.31. The van der Waals surface area contributed by atoms with E-state index < -0.39 is 0 Å². The second kappa shape index (κ2) is 12.5. The Morgan fingerprint density at radius 1 is 1.06 bits per heavy atom. The Labute approximate surface area is 226 Å². The molecule has 0 radical (unpaired) electrons. The summed E-state index contributed by atoms with van der Waals surface area (Å²) in [5, 5.41) is 3.91. The first-order chi connectivity index (χ1) is 17.5. The third kappa shape index (κ3) is 6.37. The van der Waals surface area contributed by atoms with Crippen LogP contribution in [0, 0.1) is 0 Å². The molecule has 1 amide bonds. The van der Waals surface area contributed by atoms with Crippen LogP contribution >= 0.6 is 34.5 Å². The molecule has 0 unspecified atom stereocenters. The largest absolute Gasteiger partial charge is 0.355 e. The number of fused-ring (bicyclic) bond motifs is 1. The van der Waals surface area contributed by atoms with Crippen LogP contribution < -0.4 is 15.6 Å². The van der Waals surface area contributed by atoms with Gasteiger partial charge in [-0.15, -0.1) is 11.3 Å². The summed E-state index contributed by atoms with van der Waals surface area (Å²) in [5.41, 5.74) is 8.75. The molecule has 8 heteroatoms. The number of imidazole rings is 1. The number of benzene rings is 2. The van der Waals surface area contributed by atoms with E-state index in [9.17, 15) is 4.79 Å². The van der Waals surface area contributed by atoms with Gasteiger partial charge in [-0.2, -0.15) is 0 Å². The Morgan fingerprint density at radius 2 is 1.83 bits per heavy atom. The summed E-state index contributed by atoms with van der Waals surface area (Å²) in [5.74, 6) is 1.13. The predicted octanol–water partition coefficient (Wildman–Crippen LogP) is 6.31. The average Bonchev–Trinajstić information content (AvgIpc) is 3.45. The molecule has 0 bridgehead atoms. The van der Waals surface area contributed by atoms with Gasteiger partial charge in [-0.25, -0.2) is 9.13 Å². The molecule has 0 spiro atoms. The van der Waals surface area contributed by atoms with Gasteiger partial charge in [0.1, 0.15) is 0 Å². The van der Waals surface area contributed by atoms with Crippen LogP contribution in [-0.2, 0) is 18.4 Å². The summed E-state index contributed by atoms with van der Waals surface area (Å²) in [4.78, 5) is 14.3. The lowest BCUT2D eigenvalue weighted by Gasteiger charge is -2.04. The Kier molecular flexibility index (Phi) is 9.21. The number of carbonyl (C=O) groups excluding carboxylic acids is 1. The molecule has 188 valence electrons. The number of aryl methyl sites for hydroxylation is 2. The van der Waals surface area contributed by atoms with Crippen LogP contribution in [0.5, 0.6) is 0 Å². The number of halogens is 2. The van der Waals surface area contributed by atoms with Gasteiger partial charge in [0.25, 0.3) is 5.82 Å². The number of aromatic nitrogens is 2. The maximum atomic E-state index is 11.8. The van der Waals surface area contributed by atoms with E-state index in [2.05, 4.69) is 63.0 Å². The molecular formula is C28H31Cl2N4OS+. The maximum absolute atomic E-state index is 11.8. The minimum absolute atomic E-state index is 0.0640. The van der Waals surface area contributed by atoms with Crippen molar-refractivity contribution in [1.82, 2.24) is 9.88 Å². The minimum atomic E-state index is 0.0640. The highest BCUT2D eigenvalue weighted by Crippen LogP contribution is 2.30. The smallest absolute Gasteiger partial charge is 0.282 e. The van der Waals surface area contributed by atoms with Crippen molar-refractivity contribution in [2.45, 2.75) is 32.2 Å². The Hall–Kier alpha value is -2.64. The summed E-state index contributed by atoms with van der Waals surface area (Å²) < 4.78 is 4.44. The fourth-order valence-corrected chi connectivity index (χ4v) is 5.50. The van der Waals surface area contributed by atoms with Gasteiger partial charge in [-0.1, -0.05) is 53.5 Å². The van der Waals surface area contributed by atoms with Crippen molar-refractivity contribution in [1.29, 1.82) is 0 Å². The number of rotatable bonds is 11. The molecule has 2 heterocycles. The van der Waals surface area contributed by atoms with Crippen molar-refractivity contribution in [3.63, 3.8) is 0 Å². The zero-order valence-electron chi connectivity index (χ0n) is 20.3. The highest BCUT2D eigenvalue weighted by Gasteiger charge is 2.22. The van der Waals surface area contributed by atoms with Crippen molar-refractivity contribution in [2.24, 2.45) is 12.8 Å². The average molecular weight is 543 g/mol. The number of nitrogens with zero attached hydrogens (tertiary/aromatic N) is 2. The van der Waals surface area contributed by atoms with Crippen molar-refractivity contribution >= 4 is 63.6 Å². The van der Waals surface area contributed by atoms with E-state index in [4.69, 9.17) is 28.9 Å². The van der Waals surface area contributed by atoms with E-state index in [0.717, 1.165) is 42.7 Å². The van der Waals surface area contributed by atoms with E-state index in [1.807, 2.05) is 25.2 Å². The number of amides is 1. The van der Waals surface area contributed by atoms with Crippen LogP contribution in [0.25, 0.3) is 33.6 Å². The summed E-state index contributed by atoms with van der Waals surface area (Å²) in [7, 11) is 2.05. The molecule has 0 fully saturated rings. The van der Waals surface area contributed by atoms with Gasteiger partial charge in [0.2, 0.25) is 5.91 Å². The fourth-order valence-electron chi connectivity index (χ4n) is 4.26. The quantitative estimate of drug-likeness (QED) is 0.172. The molecule has 4 rings (SSSR count). The Balaban J connectivity index is 1.53. The molecule has 0 atom stereocenters. The topological polar surface area (TPSA) is 63.9 Å². The zero-order valence-corrected chi connectivity index (χ0v) is 22.7. The lowest BCUT2D eigenvalue weighted by molar-refractivity contribution is -0.647. The van der Waals surface area contributed by atoms with Crippen LogP contribution in [0.3, 0.4) is 0 Å². The molecule has 0 aliphatic carbocycles. The van der Waals surface area contributed by atoms with Crippen LogP contribution in [0.1, 0.15) is 36.4 Å². The van der Waals surface area contributed by atoms with Crippen LogP contribution in [0.4, 0.5) is 0 Å². The van der Waals surface area contributed by atoms with Gasteiger partial charge >= 0.3 is 0 Å². The molecule has 5 nitrogen and oxygen atoms in total. The Bertz CT molecular complexity index is 1360. The monoisotopic (exact) mass is 541 g/mol. The van der Waals surface area contributed by atoms with Gasteiger partial charge in [0, 0.05) is 47.5 Å². The van der Waals surface area contributed by atoms with Gasteiger partial charge < -0.3 is 11.1 Å². The molecule has 0 saturated carbocycles. The normalized spacial score (nSPS) is 11.6. The summed E-state index contributed by atoms with van der Waals surface area (Å²) >= 11 is 14.5. The molecule has 0 aliphatic heterocycles. The molecule has 0 aliphatic rings. The molecule has 0 saturated heterocycles. The van der Waals surface area contributed by atoms with Crippen LogP contribution in [0.15, 0.2) is 54.6 Å². The third-order valence-corrected chi connectivity index (χ3v) is 7.95. The number of hydrogen-bond acceptors (Lipinski definition) is 3. The first-order valence-corrected chi connectivity index (χ1v) is 13.7. The van der Waals surface area contributed by atoms with E-state index in [0.29, 0.717) is 29.6 Å². The van der Waals surface area contributed by atoms with E-state index in [1.54, 1.807) is 11.3 Å². The first-order valence-electron chi connectivity index (χ1n) is 12.2. The van der Waals surface area contributed by atoms with Gasteiger partial charge in [-0.05, 0) is 43.0 Å². The molecular weight excluding hydrogens is 511 g/mol. The van der Waals surface area contributed by atoms with Gasteiger partial charge in [-0.3, -0.25) is 4.79 Å². The molecule has 3 N–H and O–H groups in total. The molecule has 2 aromatic heterocycles. The Morgan fingerprint density at radius 3 is 2.61 bits per heavy atom. The number of hydrogen-bond donors (Lipinski definition) is 2. The standard InChI is InChI=1S/C28H30Cl2N4OS/c1-33-24-18-22(29)23(30)19-25(24)34(17-7-3-6-10-27(35)32-16-15-31)28(33)14-12-21-11-13-26(36-21)20-8-4-2-5-9-20/h2,4-5,8-9,11-14,18-19H,3,6-7,10,15-17,31H2,1H3/p+1/b14-12+. The number of carbonyl (C=O) groups is 1. The second-order valence-corrected chi connectivity index (χ2v) is 10.6. The highest BCUT2D eigenvalue weighted by atomic mass is 35.5. The highest BCUT2D eigenvalue weighted by molar-refractivity contribution is 7.16.